The molecule has 1 aromatic carbocycles. The van der Waals surface area contributed by atoms with Crippen molar-refractivity contribution in [1.29, 1.82) is 0 Å². The molecule has 2 rings (SSSR count). The average molecular weight is 255 g/mol. The van der Waals surface area contributed by atoms with Crippen molar-refractivity contribution >= 4 is 23.4 Å². The van der Waals surface area contributed by atoms with Gasteiger partial charge in [-0.25, -0.2) is 0 Å². The molecular weight excluding hydrogens is 244 g/mol. The van der Waals surface area contributed by atoms with E-state index in [1.54, 1.807) is 24.9 Å². The highest BCUT2D eigenvalue weighted by molar-refractivity contribution is 7.98. The number of benzene rings is 1. The first kappa shape index (κ1) is 11.4. The van der Waals surface area contributed by atoms with Crippen molar-refractivity contribution in [3.63, 3.8) is 0 Å². The van der Waals surface area contributed by atoms with Gasteiger partial charge in [-0.1, -0.05) is 23.7 Å². The molecule has 0 radical (unpaired) electrons. The number of halogens is 1. The van der Waals surface area contributed by atoms with Gasteiger partial charge in [0.15, 0.2) is 0 Å². The summed E-state index contributed by atoms with van der Waals surface area (Å²) in [5.74, 6) is 0.708. The first-order valence-corrected chi connectivity index (χ1v) is 6.15. The molecule has 0 spiro atoms. The highest BCUT2D eigenvalue weighted by Crippen LogP contribution is 2.28. The molecule has 0 saturated carbocycles. The highest BCUT2D eigenvalue weighted by atomic mass is 35.5. The number of aromatic nitrogens is 2. The lowest BCUT2D eigenvalue weighted by Crippen LogP contribution is -2.09. The van der Waals surface area contributed by atoms with E-state index in [0.717, 1.165) is 15.6 Å². The zero-order chi connectivity index (χ0) is 11.5. The van der Waals surface area contributed by atoms with Gasteiger partial charge >= 0.3 is 0 Å². The fraction of sp³-hybridized carbons (Fsp3) is 0.182. The van der Waals surface area contributed by atoms with E-state index in [9.17, 15) is 4.79 Å². The molecule has 0 bridgehead atoms. The average Bonchev–Trinajstić information content (AvgIpc) is 2.57. The van der Waals surface area contributed by atoms with Crippen LogP contribution < -0.4 is 5.56 Å². The molecule has 0 aliphatic heterocycles. The van der Waals surface area contributed by atoms with Crippen molar-refractivity contribution in [3.8, 4) is 0 Å². The van der Waals surface area contributed by atoms with Gasteiger partial charge in [-0.05, 0) is 12.1 Å². The first-order valence-electron chi connectivity index (χ1n) is 4.79. The number of nitrogens with zero attached hydrogens (tertiary/aromatic N) is 1. The smallest absolute Gasteiger partial charge is 0.266 e. The SMILES string of the molecule is Cn1[nH]c(CSc2ccccc2Cl)cc1=O. The predicted octanol–water partition coefficient (Wildman–Crippen LogP) is 2.66. The largest absolute Gasteiger partial charge is 0.299 e. The molecule has 5 heteroatoms. The highest BCUT2D eigenvalue weighted by Gasteiger charge is 2.03. The lowest BCUT2D eigenvalue weighted by molar-refractivity contribution is 0.729. The summed E-state index contributed by atoms with van der Waals surface area (Å²) >= 11 is 7.64. The minimum absolute atomic E-state index is 0.0187. The van der Waals surface area contributed by atoms with Crippen LogP contribution in [-0.4, -0.2) is 9.78 Å². The molecule has 1 N–H and O–H groups in total. The molecule has 0 amide bonds. The topological polar surface area (TPSA) is 37.8 Å². The van der Waals surface area contributed by atoms with Gasteiger partial charge in [0.05, 0.1) is 5.02 Å². The van der Waals surface area contributed by atoms with Crippen LogP contribution in [0.15, 0.2) is 40.0 Å². The minimum atomic E-state index is -0.0187. The van der Waals surface area contributed by atoms with Gasteiger partial charge in [0.1, 0.15) is 0 Å². The Morgan fingerprint density at radius 3 is 2.81 bits per heavy atom. The van der Waals surface area contributed by atoms with E-state index in [4.69, 9.17) is 11.6 Å². The number of hydrogen-bond donors (Lipinski definition) is 1. The molecule has 84 valence electrons. The van der Waals surface area contributed by atoms with Crippen molar-refractivity contribution in [2.45, 2.75) is 10.6 Å². The second kappa shape index (κ2) is 4.80. The first-order chi connectivity index (χ1) is 7.66. The van der Waals surface area contributed by atoms with E-state index in [1.165, 1.54) is 4.68 Å². The Hall–Kier alpha value is -1.13. The summed E-state index contributed by atoms with van der Waals surface area (Å²) in [6.07, 6.45) is 0. The number of thioether (sulfide) groups is 1. The fourth-order valence-electron chi connectivity index (χ4n) is 1.34. The second-order valence-corrected chi connectivity index (χ2v) is 4.82. The maximum Gasteiger partial charge on any atom is 0.266 e. The molecule has 0 aliphatic carbocycles. The Morgan fingerprint density at radius 2 is 2.19 bits per heavy atom. The zero-order valence-electron chi connectivity index (χ0n) is 8.74. The van der Waals surface area contributed by atoms with Crippen LogP contribution in [0.5, 0.6) is 0 Å². The number of hydrogen-bond acceptors (Lipinski definition) is 2. The molecule has 3 nitrogen and oxygen atoms in total. The van der Waals surface area contributed by atoms with Crippen molar-refractivity contribution in [3.05, 3.63) is 51.4 Å². The monoisotopic (exact) mass is 254 g/mol. The van der Waals surface area contributed by atoms with E-state index in [1.807, 2.05) is 24.3 Å². The van der Waals surface area contributed by atoms with Crippen LogP contribution in [0.1, 0.15) is 5.69 Å². The van der Waals surface area contributed by atoms with Gasteiger partial charge in [0, 0.05) is 29.5 Å². The molecule has 1 aromatic heterocycles. The van der Waals surface area contributed by atoms with Gasteiger partial charge < -0.3 is 0 Å². The summed E-state index contributed by atoms with van der Waals surface area (Å²) in [6.45, 7) is 0. The zero-order valence-corrected chi connectivity index (χ0v) is 10.3. The van der Waals surface area contributed by atoms with Crippen LogP contribution in [0.25, 0.3) is 0 Å². The Balaban J connectivity index is 2.08. The summed E-state index contributed by atoms with van der Waals surface area (Å²) < 4.78 is 1.46. The maximum atomic E-state index is 11.2. The van der Waals surface area contributed by atoms with E-state index >= 15 is 0 Å². The van der Waals surface area contributed by atoms with Gasteiger partial charge in [0.25, 0.3) is 5.56 Å². The van der Waals surface area contributed by atoms with Crippen LogP contribution in [-0.2, 0) is 12.8 Å². The molecule has 16 heavy (non-hydrogen) atoms. The van der Waals surface area contributed by atoms with Crippen molar-refractivity contribution in [2.24, 2.45) is 7.05 Å². The molecule has 0 aliphatic rings. The third-order valence-corrected chi connectivity index (χ3v) is 3.72. The Kier molecular flexibility index (Phi) is 3.41. The van der Waals surface area contributed by atoms with Crippen LogP contribution in [0.2, 0.25) is 5.02 Å². The molecule has 1 heterocycles. The third kappa shape index (κ3) is 2.51. The van der Waals surface area contributed by atoms with Gasteiger partial charge in [-0.15, -0.1) is 11.8 Å². The number of rotatable bonds is 3. The minimum Gasteiger partial charge on any atom is -0.299 e. The van der Waals surface area contributed by atoms with Crippen LogP contribution in [0.3, 0.4) is 0 Å². The molecular formula is C11H11ClN2OS. The summed E-state index contributed by atoms with van der Waals surface area (Å²) in [7, 11) is 1.70. The van der Waals surface area contributed by atoms with E-state index in [-0.39, 0.29) is 5.56 Å². The summed E-state index contributed by atoms with van der Waals surface area (Å²) in [5, 5.41) is 3.72. The summed E-state index contributed by atoms with van der Waals surface area (Å²) in [6, 6.07) is 9.27. The van der Waals surface area contributed by atoms with Crippen LogP contribution in [0, 0.1) is 0 Å². The number of aryl methyl sites for hydroxylation is 1. The normalized spacial score (nSPS) is 10.6. The Bertz CT molecular complexity index is 547. The number of nitrogens with one attached hydrogen (secondary N) is 1. The molecule has 0 saturated heterocycles. The maximum absolute atomic E-state index is 11.2. The second-order valence-electron chi connectivity index (χ2n) is 3.40. The summed E-state index contributed by atoms with van der Waals surface area (Å²) in [5.41, 5.74) is 0.882. The predicted molar refractivity (Wildman–Crippen MR) is 67.0 cm³/mol. The van der Waals surface area contributed by atoms with E-state index < -0.39 is 0 Å². The lowest BCUT2D eigenvalue weighted by Gasteiger charge is -2.01. The van der Waals surface area contributed by atoms with Crippen molar-refractivity contribution in [2.75, 3.05) is 0 Å². The molecule has 0 fully saturated rings. The fourth-order valence-corrected chi connectivity index (χ4v) is 2.48. The van der Waals surface area contributed by atoms with Gasteiger partial charge in [-0.3, -0.25) is 14.6 Å². The number of H-pyrrole nitrogens is 1. The van der Waals surface area contributed by atoms with Crippen LogP contribution >= 0.6 is 23.4 Å². The van der Waals surface area contributed by atoms with Gasteiger partial charge in [0.2, 0.25) is 0 Å². The Labute approximate surface area is 102 Å². The molecule has 0 unspecified atom stereocenters. The number of aromatic amines is 1. The molecule has 2 aromatic rings. The van der Waals surface area contributed by atoms with Crippen molar-refractivity contribution < 1.29 is 0 Å². The van der Waals surface area contributed by atoms with Gasteiger partial charge in [-0.2, -0.15) is 0 Å². The third-order valence-electron chi connectivity index (χ3n) is 2.16. The lowest BCUT2D eigenvalue weighted by atomic mass is 10.4. The summed E-state index contributed by atoms with van der Waals surface area (Å²) in [4.78, 5) is 12.2. The Morgan fingerprint density at radius 1 is 1.44 bits per heavy atom. The standard InChI is InChI=1S/C11H11ClN2OS/c1-14-11(15)6-8(13-14)7-16-10-5-3-2-4-9(10)12/h2-6,13H,7H2,1H3. The van der Waals surface area contributed by atoms with E-state index in [2.05, 4.69) is 5.10 Å². The van der Waals surface area contributed by atoms with Crippen molar-refractivity contribution in [1.82, 2.24) is 9.78 Å². The quantitative estimate of drug-likeness (QED) is 0.856. The van der Waals surface area contributed by atoms with E-state index in [0.29, 0.717) is 5.75 Å². The molecule has 0 atom stereocenters. The van der Waals surface area contributed by atoms with Crippen LogP contribution in [0.4, 0.5) is 0 Å².